The maximum atomic E-state index is 12.8. The van der Waals surface area contributed by atoms with Gasteiger partial charge in [0.25, 0.3) is 11.8 Å². The third-order valence-corrected chi connectivity index (χ3v) is 3.99. The molecule has 29 heavy (non-hydrogen) atoms. The first-order valence-corrected chi connectivity index (χ1v) is 8.39. The summed E-state index contributed by atoms with van der Waals surface area (Å²) in [5.74, 6) is -1.81. The van der Waals surface area contributed by atoms with Gasteiger partial charge < -0.3 is 14.6 Å². The molecule has 1 heterocycles. The van der Waals surface area contributed by atoms with Crippen LogP contribution in [0.2, 0.25) is 0 Å². The fourth-order valence-corrected chi connectivity index (χ4v) is 2.60. The Hall–Kier alpha value is -4.14. The Morgan fingerprint density at radius 2 is 1.66 bits per heavy atom. The fraction of sp³-hybridized carbons (Fsp3) is 0.100. The molecule has 0 spiro atoms. The molecule has 1 fully saturated rings. The van der Waals surface area contributed by atoms with Crippen LogP contribution in [0.25, 0.3) is 6.08 Å². The minimum Gasteiger partial charge on any atom is -0.497 e. The number of imide groups is 2. The van der Waals surface area contributed by atoms with E-state index in [2.05, 4.69) is 5.32 Å². The van der Waals surface area contributed by atoms with Crippen molar-refractivity contribution in [1.82, 2.24) is 5.32 Å². The van der Waals surface area contributed by atoms with Crippen molar-refractivity contribution in [3.05, 3.63) is 59.7 Å². The molecule has 148 valence electrons. The molecule has 0 aromatic heterocycles. The Bertz CT molecular complexity index is 994. The van der Waals surface area contributed by atoms with E-state index >= 15 is 0 Å². The second-order valence-electron chi connectivity index (χ2n) is 5.91. The number of carboxylic acid groups (broad SMARTS) is 1. The number of rotatable bonds is 6. The van der Waals surface area contributed by atoms with E-state index in [1.54, 1.807) is 24.3 Å². The SMILES string of the molecule is COc1ccc(N2C(=O)NC(=O)/C(=C\c3ccc(OCC(=O)O)cc3)C2=O)cc1. The first-order chi connectivity index (χ1) is 13.9. The Balaban J connectivity index is 1.85. The lowest BCUT2D eigenvalue weighted by atomic mass is 10.1. The van der Waals surface area contributed by atoms with Crippen molar-refractivity contribution in [2.75, 3.05) is 18.6 Å². The summed E-state index contributed by atoms with van der Waals surface area (Å²) in [6.07, 6.45) is 1.33. The number of urea groups is 1. The minimum atomic E-state index is -1.11. The summed E-state index contributed by atoms with van der Waals surface area (Å²) in [5, 5.41) is 10.8. The van der Waals surface area contributed by atoms with Crippen molar-refractivity contribution in [3.63, 3.8) is 0 Å². The Labute approximate surface area is 165 Å². The predicted octanol–water partition coefficient (Wildman–Crippen LogP) is 1.82. The number of hydrogen-bond donors (Lipinski definition) is 2. The van der Waals surface area contributed by atoms with Crippen LogP contribution in [0.1, 0.15) is 5.56 Å². The smallest absolute Gasteiger partial charge is 0.341 e. The molecule has 2 N–H and O–H groups in total. The number of nitrogens with one attached hydrogen (secondary N) is 1. The highest BCUT2D eigenvalue weighted by molar-refractivity contribution is 6.39. The number of hydrogen-bond acceptors (Lipinski definition) is 6. The molecule has 3 rings (SSSR count). The Kier molecular flexibility index (Phi) is 5.59. The van der Waals surface area contributed by atoms with Crippen molar-refractivity contribution in [1.29, 1.82) is 0 Å². The van der Waals surface area contributed by atoms with Crippen molar-refractivity contribution >= 4 is 35.6 Å². The van der Waals surface area contributed by atoms with Crippen molar-refractivity contribution < 1.29 is 33.8 Å². The van der Waals surface area contributed by atoms with E-state index in [0.717, 1.165) is 4.90 Å². The maximum Gasteiger partial charge on any atom is 0.341 e. The first-order valence-electron chi connectivity index (χ1n) is 8.39. The summed E-state index contributed by atoms with van der Waals surface area (Å²) in [6, 6.07) is 11.5. The summed E-state index contributed by atoms with van der Waals surface area (Å²) in [6.45, 7) is -0.486. The molecule has 2 aromatic rings. The zero-order valence-corrected chi connectivity index (χ0v) is 15.2. The molecule has 0 radical (unpaired) electrons. The van der Waals surface area contributed by atoms with E-state index in [-0.39, 0.29) is 11.3 Å². The van der Waals surface area contributed by atoms with Crippen LogP contribution in [-0.2, 0) is 14.4 Å². The summed E-state index contributed by atoms with van der Waals surface area (Å²) in [7, 11) is 1.49. The number of ether oxygens (including phenoxy) is 2. The van der Waals surface area contributed by atoms with Crippen LogP contribution in [0.3, 0.4) is 0 Å². The summed E-state index contributed by atoms with van der Waals surface area (Å²) < 4.78 is 10.1. The molecule has 0 atom stereocenters. The van der Waals surface area contributed by atoms with Crippen LogP contribution >= 0.6 is 0 Å². The average molecular weight is 396 g/mol. The zero-order chi connectivity index (χ0) is 21.0. The van der Waals surface area contributed by atoms with Crippen LogP contribution in [0.4, 0.5) is 10.5 Å². The van der Waals surface area contributed by atoms with Gasteiger partial charge in [0.2, 0.25) is 0 Å². The van der Waals surface area contributed by atoms with Crippen molar-refractivity contribution in [3.8, 4) is 11.5 Å². The largest absolute Gasteiger partial charge is 0.497 e. The number of carboxylic acids is 1. The van der Waals surface area contributed by atoms with E-state index in [0.29, 0.717) is 17.1 Å². The van der Waals surface area contributed by atoms with Gasteiger partial charge in [0.05, 0.1) is 12.8 Å². The van der Waals surface area contributed by atoms with Crippen LogP contribution < -0.4 is 19.7 Å². The van der Waals surface area contributed by atoms with E-state index in [9.17, 15) is 19.2 Å². The van der Waals surface area contributed by atoms with Crippen LogP contribution in [0.5, 0.6) is 11.5 Å². The molecule has 9 heteroatoms. The third kappa shape index (κ3) is 4.41. The van der Waals surface area contributed by atoms with Gasteiger partial charge in [0.1, 0.15) is 17.1 Å². The summed E-state index contributed by atoms with van der Waals surface area (Å²) >= 11 is 0. The van der Waals surface area contributed by atoms with E-state index < -0.39 is 30.4 Å². The van der Waals surface area contributed by atoms with Crippen LogP contribution in [0, 0.1) is 0 Å². The second kappa shape index (κ2) is 8.26. The monoisotopic (exact) mass is 396 g/mol. The highest BCUT2D eigenvalue weighted by Gasteiger charge is 2.36. The van der Waals surface area contributed by atoms with Gasteiger partial charge in [-0.05, 0) is 48.0 Å². The van der Waals surface area contributed by atoms with Gasteiger partial charge in [-0.3, -0.25) is 14.9 Å². The Morgan fingerprint density at radius 3 is 2.24 bits per heavy atom. The van der Waals surface area contributed by atoms with Gasteiger partial charge in [0, 0.05) is 0 Å². The molecule has 0 saturated carbocycles. The van der Waals surface area contributed by atoms with Gasteiger partial charge >= 0.3 is 12.0 Å². The molecule has 0 bridgehead atoms. The van der Waals surface area contributed by atoms with Crippen LogP contribution in [0.15, 0.2) is 54.1 Å². The lowest BCUT2D eigenvalue weighted by molar-refractivity contribution is -0.139. The first kappa shape index (κ1) is 19.6. The van der Waals surface area contributed by atoms with Crippen LogP contribution in [-0.4, -0.2) is 42.6 Å². The molecule has 9 nitrogen and oxygen atoms in total. The molecular weight excluding hydrogens is 380 g/mol. The second-order valence-corrected chi connectivity index (χ2v) is 5.91. The maximum absolute atomic E-state index is 12.8. The molecule has 1 saturated heterocycles. The summed E-state index contributed by atoms with van der Waals surface area (Å²) in [5.41, 5.74) is 0.555. The summed E-state index contributed by atoms with van der Waals surface area (Å²) in [4.78, 5) is 48.6. The molecule has 0 unspecified atom stereocenters. The van der Waals surface area contributed by atoms with E-state index in [1.165, 1.54) is 37.5 Å². The lowest BCUT2D eigenvalue weighted by Crippen LogP contribution is -2.54. The molecule has 1 aliphatic heterocycles. The van der Waals surface area contributed by atoms with Gasteiger partial charge in [-0.1, -0.05) is 12.1 Å². The topological polar surface area (TPSA) is 122 Å². The highest BCUT2D eigenvalue weighted by atomic mass is 16.5. The Morgan fingerprint density at radius 1 is 1.03 bits per heavy atom. The lowest BCUT2D eigenvalue weighted by Gasteiger charge is -2.26. The number of barbiturate groups is 1. The molecule has 1 aliphatic rings. The minimum absolute atomic E-state index is 0.223. The highest BCUT2D eigenvalue weighted by Crippen LogP contribution is 2.24. The molecule has 4 amide bonds. The number of amides is 4. The van der Waals surface area contributed by atoms with E-state index in [4.69, 9.17) is 14.6 Å². The number of methoxy groups -OCH3 is 1. The standard InChI is InChI=1S/C20H16N2O7/c1-28-14-8-4-13(5-9-14)22-19(26)16(18(25)21-20(22)27)10-12-2-6-15(7-3-12)29-11-17(23)24/h2-10H,11H2,1H3,(H,23,24)(H,21,25,27)/b16-10+. The number of nitrogens with zero attached hydrogens (tertiary/aromatic N) is 1. The van der Waals surface area contributed by atoms with Gasteiger partial charge in [-0.2, -0.15) is 0 Å². The van der Waals surface area contributed by atoms with Gasteiger partial charge in [-0.15, -0.1) is 0 Å². The number of aliphatic carboxylic acids is 1. The number of carbonyl (C=O) groups is 4. The predicted molar refractivity (Wildman–Crippen MR) is 102 cm³/mol. The number of carbonyl (C=O) groups excluding carboxylic acids is 3. The molecular formula is C20H16N2O7. The third-order valence-electron chi connectivity index (χ3n) is 3.99. The fourth-order valence-electron chi connectivity index (χ4n) is 2.60. The number of benzene rings is 2. The van der Waals surface area contributed by atoms with Crippen molar-refractivity contribution in [2.24, 2.45) is 0 Å². The van der Waals surface area contributed by atoms with Gasteiger partial charge in [-0.25, -0.2) is 14.5 Å². The van der Waals surface area contributed by atoms with Gasteiger partial charge in [0.15, 0.2) is 6.61 Å². The molecule has 2 aromatic carbocycles. The van der Waals surface area contributed by atoms with Crippen molar-refractivity contribution in [2.45, 2.75) is 0 Å². The molecule has 0 aliphatic carbocycles. The van der Waals surface area contributed by atoms with E-state index in [1.807, 2.05) is 0 Å². The number of anilines is 1. The quantitative estimate of drug-likeness (QED) is 0.564. The zero-order valence-electron chi connectivity index (χ0n) is 15.2. The normalized spacial score (nSPS) is 15.3. The average Bonchev–Trinajstić information content (AvgIpc) is 2.71.